The summed E-state index contributed by atoms with van der Waals surface area (Å²) < 4.78 is 1.39. The highest BCUT2D eigenvalue weighted by atomic mass is 32.1. The fourth-order valence-corrected chi connectivity index (χ4v) is 15.1. The van der Waals surface area contributed by atoms with Gasteiger partial charge in [-0.05, 0) is 137 Å². The van der Waals surface area contributed by atoms with Crippen LogP contribution in [0.4, 0.5) is 34.1 Å². The summed E-state index contributed by atoms with van der Waals surface area (Å²) in [5.74, 6) is 0.296. The number of fused-ring (bicyclic) bond motifs is 12. The molecule has 5 heterocycles. The lowest BCUT2D eigenvalue weighted by atomic mass is 9.29. The van der Waals surface area contributed by atoms with E-state index in [0.29, 0.717) is 5.92 Å². The van der Waals surface area contributed by atoms with E-state index in [1.54, 1.807) is 22.2 Å². The first kappa shape index (κ1) is 41.7. The number of hydrogen-bond donors (Lipinski definition) is 0. The van der Waals surface area contributed by atoms with Crippen LogP contribution in [0.1, 0.15) is 148 Å². The van der Waals surface area contributed by atoms with Crippen molar-refractivity contribution in [1.29, 1.82) is 0 Å². The van der Waals surface area contributed by atoms with Crippen LogP contribution >= 0.6 is 11.3 Å². The lowest BCUT2D eigenvalue weighted by Crippen LogP contribution is -2.61. The van der Waals surface area contributed by atoms with E-state index >= 15 is 0 Å². The van der Waals surface area contributed by atoms with Gasteiger partial charge in [0.25, 0.3) is 0 Å². The van der Waals surface area contributed by atoms with E-state index < -0.39 is 0 Å². The van der Waals surface area contributed by atoms with Gasteiger partial charge < -0.3 is 14.7 Å². The van der Waals surface area contributed by atoms with Crippen LogP contribution in [0.5, 0.6) is 0 Å². The van der Waals surface area contributed by atoms with Crippen molar-refractivity contribution in [2.24, 2.45) is 10.8 Å². The van der Waals surface area contributed by atoms with Gasteiger partial charge in [-0.2, -0.15) is 0 Å². The first-order valence-electron chi connectivity index (χ1n) is 24.9. The van der Waals surface area contributed by atoms with Crippen molar-refractivity contribution in [2.45, 2.75) is 157 Å². The van der Waals surface area contributed by atoms with Gasteiger partial charge in [-0.1, -0.05) is 148 Å². The van der Waals surface area contributed by atoms with Crippen molar-refractivity contribution >= 4 is 67.7 Å². The maximum Gasteiger partial charge on any atom is 0.247 e. The molecule has 0 bridgehead atoms. The van der Waals surface area contributed by atoms with Gasteiger partial charge in [0.1, 0.15) is 0 Å². The summed E-state index contributed by atoms with van der Waals surface area (Å²) in [6.45, 7) is 31.5. The summed E-state index contributed by atoms with van der Waals surface area (Å²) >= 11 is 2.04. The van der Waals surface area contributed by atoms with Crippen LogP contribution in [0.3, 0.4) is 0 Å². The zero-order valence-electron chi connectivity index (χ0n) is 41.4. The van der Waals surface area contributed by atoms with E-state index in [1.165, 1.54) is 114 Å². The average molecular weight is 874 g/mol. The minimum absolute atomic E-state index is 0.0157. The van der Waals surface area contributed by atoms with Crippen molar-refractivity contribution in [2.75, 3.05) is 14.7 Å². The molecule has 4 aliphatic heterocycles. The summed E-state index contributed by atoms with van der Waals surface area (Å²) in [7, 11) is 0. The highest BCUT2D eigenvalue weighted by Crippen LogP contribution is 2.67. The van der Waals surface area contributed by atoms with Crippen LogP contribution in [-0.2, 0) is 10.8 Å². The third kappa shape index (κ3) is 5.60. The predicted molar refractivity (Wildman–Crippen MR) is 281 cm³/mol. The number of hydrogen-bond acceptors (Lipinski definition) is 4. The molecule has 0 amide bonds. The van der Waals surface area contributed by atoms with Gasteiger partial charge in [-0.15, -0.1) is 11.3 Å². The fraction of sp³-hybridized carbons (Fsp3) is 0.433. The number of thiophene rings is 1. The maximum absolute atomic E-state index is 2.97. The Morgan fingerprint density at radius 2 is 1.40 bits per heavy atom. The number of benzene rings is 4. The summed E-state index contributed by atoms with van der Waals surface area (Å²) in [5, 5.41) is 1.40. The van der Waals surface area contributed by atoms with E-state index in [9.17, 15) is 0 Å². The molecule has 65 heavy (non-hydrogen) atoms. The Morgan fingerprint density at radius 1 is 0.754 bits per heavy atom. The molecule has 0 spiro atoms. The molecular weight excluding hydrogens is 806 g/mol. The zero-order chi connectivity index (χ0) is 45.5. The van der Waals surface area contributed by atoms with Crippen LogP contribution in [0, 0.1) is 24.7 Å². The fourth-order valence-electron chi connectivity index (χ4n) is 13.8. The first-order chi connectivity index (χ1) is 30.7. The lowest BCUT2D eigenvalue weighted by molar-refractivity contribution is 0.147. The van der Waals surface area contributed by atoms with Gasteiger partial charge in [0.2, 0.25) is 6.71 Å². The zero-order valence-corrected chi connectivity index (χ0v) is 42.2. The van der Waals surface area contributed by atoms with Gasteiger partial charge in [0, 0.05) is 54.7 Å². The second-order valence-corrected chi connectivity index (χ2v) is 25.6. The van der Waals surface area contributed by atoms with Crippen LogP contribution < -0.4 is 20.2 Å². The molecule has 7 aliphatic rings. The van der Waals surface area contributed by atoms with E-state index in [2.05, 4.69) is 196 Å². The molecule has 332 valence electrons. The summed E-state index contributed by atoms with van der Waals surface area (Å²) in [6.07, 6.45) is 15.5. The number of nitrogens with zero attached hydrogens (tertiary/aromatic N) is 3. The second-order valence-electron chi connectivity index (χ2n) is 24.5. The molecule has 0 radical (unpaired) electrons. The highest BCUT2D eigenvalue weighted by Gasteiger charge is 2.64. The highest BCUT2D eigenvalue weighted by molar-refractivity contribution is 7.20. The van der Waals surface area contributed by atoms with Gasteiger partial charge >= 0.3 is 0 Å². The van der Waals surface area contributed by atoms with E-state index in [-0.39, 0.29) is 40.0 Å². The molecule has 12 rings (SSSR count). The summed E-state index contributed by atoms with van der Waals surface area (Å²) in [5.41, 5.74) is 23.2. The molecule has 4 atom stereocenters. The van der Waals surface area contributed by atoms with Gasteiger partial charge in [0.05, 0.1) is 23.0 Å². The van der Waals surface area contributed by atoms with Crippen molar-refractivity contribution in [3.63, 3.8) is 0 Å². The maximum atomic E-state index is 2.97. The SMILES string of the molecule is Cc1cc(C(C)(C)C)ccc1N(c1cc2c3c(c1)N1C4=C(CCC=C4B3C3=CC(C(C)(C)C)=CC4c5sc6ccccc6c5N2C34)C2(C)CCCCC12C)c1ccc(C(C)(C)C)cc1C. The molecule has 4 unspecified atom stereocenters. The number of aryl methyl sites for hydroxylation is 2. The quantitative estimate of drug-likeness (QED) is 0.167. The Bertz CT molecular complexity index is 2980. The van der Waals surface area contributed by atoms with Crippen LogP contribution in [-0.4, -0.2) is 18.3 Å². The van der Waals surface area contributed by atoms with Crippen LogP contribution in [0.15, 0.2) is 119 Å². The Labute approximate surface area is 394 Å². The van der Waals surface area contributed by atoms with Crippen molar-refractivity contribution in [3.05, 3.63) is 146 Å². The summed E-state index contributed by atoms with van der Waals surface area (Å²) in [6, 6.07) is 29.4. The molecule has 0 N–H and O–H groups in total. The van der Waals surface area contributed by atoms with E-state index in [4.69, 9.17) is 0 Å². The predicted octanol–water partition coefficient (Wildman–Crippen LogP) is 16.0. The Kier molecular flexibility index (Phi) is 8.63. The monoisotopic (exact) mass is 874 g/mol. The van der Waals surface area contributed by atoms with Crippen molar-refractivity contribution < 1.29 is 0 Å². The Hall–Kier alpha value is -4.74. The van der Waals surface area contributed by atoms with Crippen LogP contribution in [0.25, 0.3) is 10.1 Å². The number of allylic oxidation sites excluding steroid dienone is 4. The van der Waals surface area contributed by atoms with Gasteiger partial charge in [-0.25, -0.2) is 0 Å². The smallest absolute Gasteiger partial charge is 0.247 e. The molecule has 4 aromatic carbocycles. The molecule has 1 fully saturated rings. The summed E-state index contributed by atoms with van der Waals surface area (Å²) in [4.78, 5) is 10.0. The third-order valence-electron chi connectivity index (χ3n) is 17.5. The van der Waals surface area contributed by atoms with Gasteiger partial charge in [-0.3, -0.25) is 0 Å². The lowest BCUT2D eigenvalue weighted by Gasteiger charge is -2.55. The molecule has 3 nitrogen and oxygen atoms in total. The van der Waals surface area contributed by atoms with Crippen molar-refractivity contribution in [3.8, 4) is 0 Å². The van der Waals surface area contributed by atoms with Crippen molar-refractivity contribution in [1.82, 2.24) is 0 Å². The topological polar surface area (TPSA) is 9.72 Å². The number of rotatable bonds is 3. The Morgan fingerprint density at radius 3 is 2.05 bits per heavy atom. The second kappa shape index (κ2) is 13.5. The molecule has 5 aromatic rings. The first-order valence-corrected chi connectivity index (χ1v) is 25.7. The van der Waals surface area contributed by atoms with E-state index in [1.807, 2.05) is 11.3 Å². The molecule has 3 aliphatic carbocycles. The molecular formula is C60H68BN3S. The Balaban J connectivity index is 1.21. The average Bonchev–Trinajstić information content (AvgIpc) is 3.85. The minimum Gasteiger partial charge on any atom is -0.336 e. The molecule has 5 heteroatoms. The molecule has 0 saturated heterocycles. The van der Waals surface area contributed by atoms with E-state index in [0.717, 1.165) is 6.42 Å². The standard InChI is InChI=1S/C60H68BN3S/c1-35-29-37(56(3,4)5)23-25-46(35)62(47-26-24-38(30-36(47)2)57(6,7)8)40-33-48-51-49(34-40)64-54-43(59(12)27-16-17-28-60(59,64)13)20-18-21-44(54)61(51)45-32-39(58(9,10)11)31-42-52(45)63(48)53-41-19-14-15-22-50(41)65-55(42)53/h14-15,19,21-26,29-34,42,52H,16-18,20,27-28H2,1-13H3. The number of anilines is 6. The van der Waals surface area contributed by atoms with Gasteiger partial charge in [0.15, 0.2) is 0 Å². The largest absolute Gasteiger partial charge is 0.336 e. The normalized spacial score (nSPS) is 25.2. The van der Waals surface area contributed by atoms with Crippen LogP contribution in [0.2, 0.25) is 0 Å². The molecule has 1 aromatic heterocycles. The minimum atomic E-state index is -0.0157. The third-order valence-corrected chi connectivity index (χ3v) is 18.8. The molecule has 1 saturated carbocycles.